The molecule has 1 aliphatic rings. The summed E-state index contributed by atoms with van der Waals surface area (Å²) in [7, 11) is 0. The normalized spacial score (nSPS) is 29.8. The molecule has 1 amide bonds. The summed E-state index contributed by atoms with van der Waals surface area (Å²) in [6.45, 7) is 0.747. The number of carbonyl (C=O) groups excluding carboxylic acids is 1. The molecular weight excluding hydrogens is 320 g/mol. The Bertz CT molecular complexity index is 592. The van der Waals surface area contributed by atoms with Crippen molar-refractivity contribution < 1.29 is 34.8 Å². The number of benzene rings is 1. The third-order valence-electron chi connectivity index (χ3n) is 3.74. The Morgan fingerprint density at radius 1 is 1.17 bits per heavy atom. The number of carbonyl (C=O) groups is 2. The van der Waals surface area contributed by atoms with E-state index in [4.69, 9.17) is 9.84 Å². The first-order valence-electron chi connectivity index (χ1n) is 7.33. The van der Waals surface area contributed by atoms with E-state index >= 15 is 0 Å². The molecule has 0 aromatic heterocycles. The highest BCUT2D eigenvalue weighted by molar-refractivity contribution is 5.88. The third kappa shape index (κ3) is 4.01. The predicted molar refractivity (Wildman–Crippen MR) is 82.4 cm³/mol. The SMILES string of the molecule is CC(=O)N[C@@H]1[C@@H](O)[C@@H](O)[C@@H](CO)O[C@@H]1Nc1ccc(C(=O)O)cc1. The van der Waals surface area contributed by atoms with Gasteiger partial charge in [0.1, 0.15) is 24.4 Å². The van der Waals surface area contributed by atoms with E-state index in [9.17, 15) is 24.9 Å². The Kier molecular flexibility index (Phi) is 5.73. The molecule has 0 radical (unpaired) electrons. The van der Waals surface area contributed by atoms with Gasteiger partial charge in [0.2, 0.25) is 5.91 Å². The predicted octanol–water partition coefficient (Wildman–Crippen LogP) is -1.26. The molecule has 24 heavy (non-hydrogen) atoms. The zero-order chi connectivity index (χ0) is 17.9. The first-order chi connectivity index (χ1) is 11.3. The summed E-state index contributed by atoms with van der Waals surface area (Å²) in [4.78, 5) is 22.2. The van der Waals surface area contributed by atoms with Gasteiger partial charge in [0.05, 0.1) is 12.2 Å². The number of ether oxygens (including phenoxy) is 1. The zero-order valence-electron chi connectivity index (χ0n) is 12.9. The lowest BCUT2D eigenvalue weighted by Gasteiger charge is -2.43. The van der Waals surface area contributed by atoms with Gasteiger partial charge in [0.15, 0.2) is 6.23 Å². The maximum atomic E-state index is 11.3. The molecule has 132 valence electrons. The van der Waals surface area contributed by atoms with Crippen LogP contribution >= 0.6 is 0 Å². The Hall–Kier alpha value is -2.20. The van der Waals surface area contributed by atoms with Crippen LogP contribution in [0, 0.1) is 0 Å². The molecule has 0 bridgehead atoms. The lowest BCUT2D eigenvalue weighted by Crippen LogP contribution is -2.65. The van der Waals surface area contributed by atoms with Crippen LogP contribution < -0.4 is 10.6 Å². The second-order valence-electron chi connectivity index (χ2n) is 5.51. The number of aromatic carboxylic acids is 1. The van der Waals surface area contributed by atoms with Gasteiger partial charge < -0.3 is 35.8 Å². The van der Waals surface area contributed by atoms with Crippen LogP contribution in [0.25, 0.3) is 0 Å². The van der Waals surface area contributed by atoms with E-state index in [1.54, 1.807) is 0 Å². The highest BCUT2D eigenvalue weighted by Gasteiger charge is 2.44. The zero-order valence-corrected chi connectivity index (χ0v) is 12.9. The molecule has 1 heterocycles. The first-order valence-corrected chi connectivity index (χ1v) is 7.33. The fourth-order valence-corrected chi connectivity index (χ4v) is 2.51. The fraction of sp³-hybridized carbons (Fsp3) is 0.467. The standard InChI is InChI=1S/C15H20N2O7/c1-7(19)16-11-13(21)12(20)10(6-18)24-14(11)17-9-4-2-8(3-5-9)15(22)23/h2-5,10-14,17-18,20-21H,6H2,1H3,(H,16,19)(H,22,23)/t10-,11-,12+,13-,14+/m1/s1. The van der Waals surface area contributed by atoms with Crippen LogP contribution in [0.4, 0.5) is 5.69 Å². The van der Waals surface area contributed by atoms with Crippen molar-refractivity contribution in [3.63, 3.8) is 0 Å². The van der Waals surface area contributed by atoms with Gasteiger partial charge in [-0.05, 0) is 24.3 Å². The van der Waals surface area contributed by atoms with Crippen molar-refractivity contribution >= 4 is 17.6 Å². The van der Waals surface area contributed by atoms with Gasteiger partial charge in [-0.1, -0.05) is 0 Å². The number of amides is 1. The average Bonchev–Trinajstić information content (AvgIpc) is 2.54. The molecule has 0 aliphatic carbocycles. The minimum atomic E-state index is -1.36. The van der Waals surface area contributed by atoms with E-state index in [2.05, 4.69) is 10.6 Å². The summed E-state index contributed by atoms with van der Waals surface area (Å²) in [5, 5.41) is 43.6. The van der Waals surface area contributed by atoms with Crippen LogP contribution in [-0.2, 0) is 9.53 Å². The molecule has 2 rings (SSSR count). The summed E-state index contributed by atoms with van der Waals surface area (Å²) in [5.41, 5.74) is 0.591. The average molecular weight is 340 g/mol. The number of carboxylic acids is 1. The van der Waals surface area contributed by atoms with E-state index in [1.165, 1.54) is 31.2 Å². The van der Waals surface area contributed by atoms with Gasteiger partial charge in [0.25, 0.3) is 0 Å². The van der Waals surface area contributed by atoms with E-state index in [-0.39, 0.29) is 5.56 Å². The number of hydrogen-bond acceptors (Lipinski definition) is 7. The fourth-order valence-electron chi connectivity index (χ4n) is 2.51. The molecule has 1 aliphatic heterocycles. The Labute approximate surface area is 137 Å². The van der Waals surface area contributed by atoms with Crippen LogP contribution in [0.1, 0.15) is 17.3 Å². The number of hydrogen-bond donors (Lipinski definition) is 6. The quantitative estimate of drug-likeness (QED) is 0.389. The maximum Gasteiger partial charge on any atom is 0.335 e. The van der Waals surface area contributed by atoms with Crippen molar-refractivity contribution in [2.45, 2.75) is 37.5 Å². The van der Waals surface area contributed by atoms with Crippen LogP contribution in [0.3, 0.4) is 0 Å². The number of carboxylic acid groups (broad SMARTS) is 1. The molecule has 5 atom stereocenters. The largest absolute Gasteiger partial charge is 0.478 e. The van der Waals surface area contributed by atoms with Crippen LogP contribution in [0.15, 0.2) is 24.3 Å². The van der Waals surface area contributed by atoms with Gasteiger partial charge in [0, 0.05) is 12.6 Å². The van der Waals surface area contributed by atoms with Gasteiger partial charge in [-0.3, -0.25) is 4.79 Å². The topological polar surface area (TPSA) is 148 Å². The van der Waals surface area contributed by atoms with Crippen molar-refractivity contribution in [1.29, 1.82) is 0 Å². The molecule has 1 fully saturated rings. The van der Waals surface area contributed by atoms with Crippen LogP contribution in [0.2, 0.25) is 0 Å². The molecule has 9 heteroatoms. The number of aliphatic hydroxyl groups is 3. The number of rotatable bonds is 5. The second kappa shape index (κ2) is 7.58. The maximum absolute atomic E-state index is 11.3. The molecule has 6 N–H and O–H groups in total. The number of anilines is 1. The van der Waals surface area contributed by atoms with Crippen molar-refractivity contribution in [2.75, 3.05) is 11.9 Å². The molecule has 1 aromatic rings. The molecule has 1 saturated heterocycles. The van der Waals surface area contributed by atoms with Crippen molar-refractivity contribution in [1.82, 2.24) is 5.32 Å². The van der Waals surface area contributed by atoms with Crippen LogP contribution in [0.5, 0.6) is 0 Å². The van der Waals surface area contributed by atoms with Gasteiger partial charge in [-0.15, -0.1) is 0 Å². The number of nitrogens with one attached hydrogen (secondary N) is 2. The van der Waals surface area contributed by atoms with E-state index in [0.29, 0.717) is 5.69 Å². The molecule has 1 aromatic carbocycles. The van der Waals surface area contributed by atoms with E-state index in [0.717, 1.165) is 0 Å². The molecular formula is C15H20N2O7. The van der Waals surface area contributed by atoms with Gasteiger partial charge in [-0.2, -0.15) is 0 Å². The lowest BCUT2D eigenvalue weighted by atomic mass is 9.95. The summed E-state index contributed by atoms with van der Waals surface area (Å²) < 4.78 is 5.51. The van der Waals surface area contributed by atoms with E-state index in [1.807, 2.05) is 0 Å². The monoisotopic (exact) mass is 340 g/mol. The second-order valence-corrected chi connectivity index (χ2v) is 5.51. The minimum absolute atomic E-state index is 0.104. The van der Waals surface area contributed by atoms with E-state index < -0.39 is 49.1 Å². The Morgan fingerprint density at radius 3 is 2.29 bits per heavy atom. The van der Waals surface area contributed by atoms with Crippen molar-refractivity contribution in [3.05, 3.63) is 29.8 Å². The Balaban J connectivity index is 2.19. The highest BCUT2D eigenvalue weighted by atomic mass is 16.5. The summed E-state index contributed by atoms with van der Waals surface area (Å²) in [6.07, 6.45) is -4.67. The molecule has 0 spiro atoms. The Morgan fingerprint density at radius 2 is 1.79 bits per heavy atom. The summed E-state index contributed by atoms with van der Waals surface area (Å²) >= 11 is 0. The summed E-state index contributed by atoms with van der Waals surface area (Å²) in [6, 6.07) is 4.82. The van der Waals surface area contributed by atoms with Crippen molar-refractivity contribution in [2.24, 2.45) is 0 Å². The third-order valence-corrected chi connectivity index (χ3v) is 3.74. The van der Waals surface area contributed by atoms with Gasteiger partial charge in [-0.25, -0.2) is 4.79 Å². The molecule has 9 nitrogen and oxygen atoms in total. The van der Waals surface area contributed by atoms with Gasteiger partial charge >= 0.3 is 5.97 Å². The van der Waals surface area contributed by atoms with Crippen LogP contribution in [-0.4, -0.2) is 69.5 Å². The number of aliphatic hydroxyl groups excluding tert-OH is 3. The lowest BCUT2D eigenvalue weighted by molar-refractivity contribution is -0.188. The molecule has 0 saturated carbocycles. The van der Waals surface area contributed by atoms with Crippen molar-refractivity contribution in [3.8, 4) is 0 Å². The molecule has 0 unspecified atom stereocenters. The highest BCUT2D eigenvalue weighted by Crippen LogP contribution is 2.23. The summed E-state index contributed by atoms with van der Waals surface area (Å²) in [5.74, 6) is -1.49. The minimum Gasteiger partial charge on any atom is -0.478 e. The smallest absolute Gasteiger partial charge is 0.335 e. The first kappa shape index (κ1) is 18.1.